The first-order valence-electron chi connectivity index (χ1n) is 18.1. The number of piperazine rings is 1. The number of fused-ring (bicyclic) bond motifs is 4. The summed E-state index contributed by atoms with van der Waals surface area (Å²) in [4.78, 5) is 55.5. The second-order valence-corrected chi connectivity index (χ2v) is 14.4. The summed E-state index contributed by atoms with van der Waals surface area (Å²) in [6.45, 7) is 6.22. The predicted octanol–water partition coefficient (Wildman–Crippen LogP) is 2.90. The number of anilines is 3. The van der Waals surface area contributed by atoms with E-state index >= 15 is 0 Å². The fourth-order valence-electron chi connectivity index (χ4n) is 8.41. The Labute approximate surface area is 300 Å². The number of likely N-dealkylation sites (tertiary alicyclic amines) is 1. The van der Waals surface area contributed by atoms with Crippen LogP contribution in [0.15, 0.2) is 60.9 Å². The molecule has 14 heteroatoms. The lowest BCUT2D eigenvalue weighted by Crippen LogP contribution is -2.58. The summed E-state index contributed by atoms with van der Waals surface area (Å²) in [7, 11) is 0. The zero-order chi connectivity index (χ0) is 35.3. The van der Waals surface area contributed by atoms with Crippen molar-refractivity contribution in [3.8, 4) is 17.0 Å². The lowest BCUT2D eigenvalue weighted by atomic mass is 9.91. The lowest BCUT2D eigenvalue weighted by Gasteiger charge is -2.45. The van der Waals surface area contributed by atoms with Crippen LogP contribution < -0.4 is 20.4 Å². The number of aromatic nitrogens is 4. The van der Waals surface area contributed by atoms with Crippen LogP contribution in [0, 0.1) is 0 Å². The molecule has 0 bridgehead atoms. The number of piperidine rings is 2. The van der Waals surface area contributed by atoms with Crippen molar-refractivity contribution >= 4 is 35.2 Å². The molecule has 4 aromatic rings. The first-order valence-corrected chi connectivity index (χ1v) is 18.1. The van der Waals surface area contributed by atoms with E-state index in [4.69, 9.17) is 9.97 Å². The third-order valence-electron chi connectivity index (χ3n) is 11.2. The number of amides is 3. The quantitative estimate of drug-likeness (QED) is 0.253. The highest BCUT2D eigenvalue weighted by atomic mass is 16.3. The molecule has 14 nitrogen and oxygen atoms in total. The van der Waals surface area contributed by atoms with Gasteiger partial charge in [-0.05, 0) is 79.2 Å². The molecule has 2 aromatic heterocycles. The summed E-state index contributed by atoms with van der Waals surface area (Å²) in [5.74, 6) is 1.30. The van der Waals surface area contributed by atoms with E-state index in [-0.39, 0.29) is 35.9 Å². The van der Waals surface area contributed by atoms with Crippen LogP contribution in [0.5, 0.6) is 5.75 Å². The number of carbonyl (C=O) groups excluding carboxylic acids is 3. The smallest absolute Gasteiger partial charge is 0.255 e. The minimum absolute atomic E-state index is 0.139. The molecule has 0 saturated carbocycles. The molecule has 0 aliphatic carbocycles. The fourth-order valence-corrected chi connectivity index (χ4v) is 8.41. The first kappa shape index (κ1) is 32.3. The van der Waals surface area contributed by atoms with E-state index in [2.05, 4.69) is 41.6 Å². The van der Waals surface area contributed by atoms with Crippen LogP contribution in [-0.2, 0) is 22.7 Å². The Balaban J connectivity index is 0.788. The number of carbonyl (C=O) groups is 3. The van der Waals surface area contributed by atoms with Crippen molar-refractivity contribution in [3.63, 3.8) is 0 Å². The minimum Gasteiger partial charge on any atom is -0.507 e. The van der Waals surface area contributed by atoms with Gasteiger partial charge in [0.2, 0.25) is 17.8 Å². The van der Waals surface area contributed by atoms with E-state index in [1.54, 1.807) is 17.0 Å². The van der Waals surface area contributed by atoms with Gasteiger partial charge in [0.15, 0.2) is 5.82 Å². The summed E-state index contributed by atoms with van der Waals surface area (Å²) in [5.41, 5.74) is 6.23. The maximum Gasteiger partial charge on any atom is 0.255 e. The van der Waals surface area contributed by atoms with Gasteiger partial charge >= 0.3 is 0 Å². The molecule has 3 saturated heterocycles. The molecular weight excluding hydrogens is 660 g/mol. The molecular formula is C38H40N10O4. The Hall–Kier alpha value is -5.63. The summed E-state index contributed by atoms with van der Waals surface area (Å²) in [6.07, 6.45) is 6.67. The largest absolute Gasteiger partial charge is 0.507 e. The van der Waals surface area contributed by atoms with E-state index in [9.17, 15) is 19.5 Å². The first-order chi connectivity index (χ1) is 25.4. The molecule has 2 atom stereocenters. The highest BCUT2D eigenvalue weighted by molar-refractivity contribution is 6.05. The molecule has 3 amide bonds. The van der Waals surface area contributed by atoms with Crippen LogP contribution in [0.1, 0.15) is 58.6 Å². The molecule has 52 heavy (non-hydrogen) atoms. The van der Waals surface area contributed by atoms with E-state index < -0.39 is 6.04 Å². The predicted molar refractivity (Wildman–Crippen MR) is 193 cm³/mol. The van der Waals surface area contributed by atoms with Gasteiger partial charge in [0.05, 0.1) is 17.4 Å². The number of benzene rings is 2. The number of aromatic hydroxyl groups is 1. The molecule has 0 radical (unpaired) electrons. The van der Waals surface area contributed by atoms with Crippen molar-refractivity contribution in [2.24, 2.45) is 0 Å². The van der Waals surface area contributed by atoms with Crippen LogP contribution in [0.4, 0.5) is 17.5 Å². The lowest BCUT2D eigenvalue weighted by molar-refractivity contribution is -0.136. The molecule has 5 aliphatic heterocycles. The van der Waals surface area contributed by atoms with Gasteiger partial charge in [-0.2, -0.15) is 0 Å². The van der Waals surface area contributed by atoms with E-state index in [1.165, 1.54) is 5.56 Å². The maximum atomic E-state index is 13.1. The Morgan fingerprint density at radius 1 is 0.865 bits per heavy atom. The second-order valence-electron chi connectivity index (χ2n) is 14.4. The Bertz CT molecular complexity index is 2050. The molecule has 3 fully saturated rings. The third kappa shape index (κ3) is 5.96. The summed E-state index contributed by atoms with van der Waals surface area (Å²) in [6, 6.07) is 14.8. The molecule has 1 unspecified atom stereocenters. The number of imide groups is 1. The van der Waals surface area contributed by atoms with E-state index in [0.717, 1.165) is 87.2 Å². The standard InChI is InChI=1S/C38H40N10O4/c49-33-4-2-1-3-29(33)30-16-32-35(44-43-30)39-19-27-22-46(13-14-47(27)32)38-40-17-26(18-41-38)24-9-11-45(12-10-24)20-23-5-6-28-25(15-23)21-48(37(28)52)31-7-8-34(50)42-36(31)51/h1-6,15-18,24,27,31,49H,7-14,19-22H2,(H,39,44)(H,42,50,51)/t27-,31?/m0/s1. The van der Waals surface area contributed by atoms with Crippen LogP contribution in [-0.4, -0.2) is 104 Å². The molecule has 266 valence electrons. The van der Waals surface area contributed by atoms with Crippen molar-refractivity contribution in [1.29, 1.82) is 0 Å². The minimum atomic E-state index is -0.599. The van der Waals surface area contributed by atoms with Gasteiger partial charge in [-0.1, -0.05) is 24.3 Å². The van der Waals surface area contributed by atoms with Crippen molar-refractivity contribution in [1.82, 2.24) is 35.3 Å². The number of nitrogens with zero attached hydrogens (tertiary/aromatic N) is 8. The Kier molecular flexibility index (Phi) is 8.17. The van der Waals surface area contributed by atoms with E-state index in [1.807, 2.05) is 42.7 Å². The average Bonchev–Trinajstić information content (AvgIpc) is 3.49. The number of hydrogen-bond donors (Lipinski definition) is 3. The van der Waals surface area contributed by atoms with Gasteiger partial charge < -0.3 is 25.1 Å². The fraction of sp³-hybridized carbons (Fsp3) is 0.395. The highest BCUT2D eigenvalue weighted by Gasteiger charge is 2.39. The topological polar surface area (TPSA) is 160 Å². The van der Waals surface area contributed by atoms with Gasteiger partial charge in [-0.3, -0.25) is 24.6 Å². The SMILES string of the molecule is O=C1CCC(N2Cc3cc(CN4CCC(c5cnc(N6CCN7c8cc(-c9ccccc9O)nnc8NC[C@H]7C6)nc5)CC4)ccc3C2=O)C(=O)N1. The normalized spacial score (nSPS) is 22.1. The molecule has 2 aromatic carbocycles. The van der Waals surface area contributed by atoms with Crippen LogP contribution >= 0.6 is 0 Å². The number of para-hydroxylation sites is 1. The van der Waals surface area contributed by atoms with Gasteiger partial charge in [-0.25, -0.2) is 9.97 Å². The van der Waals surface area contributed by atoms with Crippen molar-refractivity contribution in [3.05, 3.63) is 83.2 Å². The number of hydrogen-bond acceptors (Lipinski definition) is 12. The van der Waals surface area contributed by atoms with E-state index in [0.29, 0.717) is 35.7 Å². The van der Waals surface area contributed by atoms with Crippen molar-refractivity contribution < 1.29 is 19.5 Å². The zero-order valence-corrected chi connectivity index (χ0v) is 28.7. The maximum absolute atomic E-state index is 13.1. The third-order valence-corrected chi connectivity index (χ3v) is 11.2. The number of nitrogens with one attached hydrogen (secondary N) is 2. The molecule has 9 rings (SSSR count). The van der Waals surface area contributed by atoms with Crippen LogP contribution in [0.3, 0.4) is 0 Å². The summed E-state index contributed by atoms with van der Waals surface area (Å²) >= 11 is 0. The summed E-state index contributed by atoms with van der Waals surface area (Å²) < 4.78 is 0. The molecule has 3 N–H and O–H groups in total. The Morgan fingerprint density at radius 2 is 1.69 bits per heavy atom. The number of phenolic OH excluding ortho intramolecular Hbond substituents is 1. The Morgan fingerprint density at radius 3 is 2.50 bits per heavy atom. The second kappa shape index (κ2) is 13.2. The van der Waals surface area contributed by atoms with Gasteiger partial charge in [-0.15, -0.1) is 10.2 Å². The monoisotopic (exact) mass is 700 g/mol. The summed E-state index contributed by atoms with van der Waals surface area (Å²) in [5, 5.41) is 25.0. The highest BCUT2D eigenvalue weighted by Crippen LogP contribution is 2.37. The van der Waals surface area contributed by atoms with Crippen molar-refractivity contribution in [2.75, 3.05) is 54.4 Å². The van der Waals surface area contributed by atoms with Gasteiger partial charge in [0.1, 0.15) is 11.8 Å². The van der Waals surface area contributed by atoms with Crippen LogP contribution in [0.25, 0.3) is 11.3 Å². The molecule has 5 aliphatic rings. The number of phenols is 1. The van der Waals surface area contributed by atoms with Crippen LogP contribution in [0.2, 0.25) is 0 Å². The molecule has 7 heterocycles. The van der Waals surface area contributed by atoms with Gasteiger partial charge in [0.25, 0.3) is 5.91 Å². The average molecular weight is 701 g/mol. The van der Waals surface area contributed by atoms with Gasteiger partial charge in [0, 0.05) is 69.2 Å². The molecule has 0 spiro atoms. The zero-order valence-electron chi connectivity index (χ0n) is 28.7. The van der Waals surface area contributed by atoms with Crippen molar-refractivity contribution in [2.45, 2.75) is 56.8 Å². The number of rotatable bonds is 6.